The summed E-state index contributed by atoms with van der Waals surface area (Å²) in [5.41, 5.74) is 1.16. The Labute approximate surface area is 102 Å². The molecular weight excluding hydrogens is 216 g/mol. The fourth-order valence-corrected chi connectivity index (χ4v) is 2.12. The van der Waals surface area contributed by atoms with Crippen LogP contribution in [0.3, 0.4) is 0 Å². The third-order valence-electron chi connectivity index (χ3n) is 3.38. The zero-order valence-electron chi connectivity index (χ0n) is 10.3. The largest absolute Gasteiger partial charge is 0.368 e. The minimum Gasteiger partial charge on any atom is -0.368 e. The molecule has 1 aromatic rings. The maximum absolute atomic E-state index is 5.73. The summed E-state index contributed by atoms with van der Waals surface area (Å²) in [6.07, 6.45) is 4.65. The SMILES string of the molecule is CN1CCOC(c2ncc(CNC3CC3)[nH]2)C1. The normalized spacial score (nSPS) is 26.3. The molecule has 2 N–H and O–H groups in total. The number of H-pyrrole nitrogens is 1. The number of nitrogens with one attached hydrogen (secondary N) is 2. The van der Waals surface area contributed by atoms with Crippen molar-refractivity contribution >= 4 is 0 Å². The van der Waals surface area contributed by atoms with E-state index >= 15 is 0 Å². The van der Waals surface area contributed by atoms with Crippen molar-refractivity contribution < 1.29 is 4.74 Å². The molecule has 1 atom stereocenters. The van der Waals surface area contributed by atoms with E-state index in [1.165, 1.54) is 12.8 Å². The second-order valence-electron chi connectivity index (χ2n) is 5.07. The average molecular weight is 236 g/mol. The number of hydrogen-bond acceptors (Lipinski definition) is 4. The van der Waals surface area contributed by atoms with E-state index in [1.54, 1.807) is 0 Å². The lowest BCUT2D eigenvalue weighted by Gasteiger charge is -2.28. The highest BCUT2D eigenvalue weighted by atomic mass is 16.5. The second kappa shape index (κ2) is 4.76. The van der Waals surface area contributed by atoms with Crippen molar-refractivity contribution in [2.75, 3.05) is 26.7 Å². The van der Waals surface area contributed by atoms with Gasteiger partial charge in [-0.1, -0.05) is 0 Å². The highest BCUT2D eigenvalue weighted by Gasteiger charge is 2.23. The Balaban J connectivity index is 1.58. The van der Waals surface area contributed by atoms with Gasteiger partial charge in [-0.05, 0) is 19.9 Å². The van der Waals surface area contributed by atoms with Gasteiger partial charge in [0.05, 0.1) is 6.61 Å². The third-order valence-corrected chi connectivity index (χ3v) is 3.38. The summed E-state index contributed by atoms with van der Waals surface area (Å²) in [5, 5.41) is 3.48. The van der Waals surface area contributed by atoms with E-state index in [1.807, 2.05) is 6.20 Å². The van der Waals surface area contributed by atoms with Gasteiger partial charge in [0.1, 0.15) is 11.9 Å². The molecule has 1 saturated heterocycles. The first-order chi connectivity index (χ1) is 8.31. The van der Waals surface area contributed by atoms with Crippen LogP contribution in [-0.4, -0.2) is 47.7 Å². The summed E-state index contributed by atoms with van der Waals surface area (Å²) < 4.78 is 5.73. The number of imidazole rings is 1. The summed E-state index contributed by atoms with van der Waals surface area (Å²) in [4.78, 5) is 10.1. The molecule has 5 nitrogen and oxygen atoms in total. The fourth-order valence-electron chi connectivity index (χ4n) is 2.12. The molecule has 1 unspecified atom stereocenters. The molecule has 94 valence electrons. The average Bonchev–Trinajstić information content (AvgIpc) is 3.04. The quantitative estimate of drug-likeness (QED) is 0.806. The van der Waals surface area contributed by atoms with Crippen molar-refractivity contribution in [3.8, 4) is 0 Å². The predicted molar refractivity (Wildman–Crippen MR) is 64.6 cm³/mol. The molecule has 2 heterocycles. The molecule has 2 aliphatic rings. The monoisotopic (exact) mass is 236 g/mol. The van der Waals surface area contributed by atoms with Gasteiger partial charge in [-0.15, -0.1) is 0 Å². The van der Waals surface area contributed by atoms with Gasteiger partial charge >= 0.3 is 0 Å². The molecule has 0 amide bonds. The van der Waals surface area contributed by atoms with E-state index in [2.05, 4.69) is 27.2 Å². The molecule has 1 aliphatic carbocycles. The Morgan fingerprint density at radius 3 is 3.24 bits per heavy atom. The standard InChI is InChI=1S/C12H20N4O/c1-16-4-5-17-11(8-16)12-14-7-10(15-12)6-13-9-2-3-9/h7,9,11,13H,2-6,8H2,1H3,(H,14,15). The lowest BCUT2D eigenvalue weighted by atomic mass is 10.3. The first-order valence-corrected chi connectivity index (χ1v) is 6.38. The molecule has 0 radical (unpaired) electrons. The fraction of sp³-hybridized carbons (Fsp3) is 0.750. The molecule has 0 bridgehead atoms. The highest BCUT2D eigenvalue weighted by molar-refractivity contribution is 5.05. The van der Waals surface area contributed by atoms with Crippen LogP contribution in [0.25, 0.3) is 0 Å². The maximum atomic E-state index is 5.73. The van der Waals surface area contributed by atoms with Crippen molar-refractivity contribution in [1.82, 2.24) is 20.2 Å². The van der Waals surface area contributed by atoms with Gasteiger partial charge in [0.15, 0.2) is 0 Å². The Morgan fingerprint density at radius 2 is 2.47 bits per heavy atom. The second-order valence-corrected chi connectivity index (χ2v) is 5.07. The van der Waals surface area contributed by atoms with Gasteiger partial charge in [-0.2, -0.15) is 0 Å². The van der Waals surface area contributed by atoms with Crippen LogP contribution in [0.2, 0.25) is 0 Å². The number of ether oxygens (including phenoxy) is 1. The van der Waals surface area contributed by atoms with Crippen LogP contribution in [0.5, 0.6) is 0 Å². The van der Waals surface area contributed by atoms with Gasteiger partial charge < -0.3 is 19.9 Å². The van der Waals surface area contributed by atoms with E-state index in [9.17, 15) is 0 Å². The van der Waals surface area contributed by atoms with Crippen molar-refractivity contribution in [3.05, 3.63) is 17.7 Å². The van der Waals surface area contributed by atoms with Crippen LogP contribution in [0.15, 0.2) is 6.20 Å². The molecule has 1 aliphatic heterocycles. The number of aromatic amines is 1. The van der Waals surface area contributed by atoms with Crippen molar-refractivity contribution in [3.63, 3.8) is 0 Å². The number of aromatic nitrogens is 2. The molecule has 0 spiro atoms. The van der Waals surface area contributed by atoms with Crippen LogP contribution in [-0.2, 0) is 11.3 Å². The van der Waals surface area contributed by atoms with E-state index in [4.69, 9.17) is 4.74 Å². The Kier molecular flexibility index (Phi) is 3.13. The number of morpholine rings is 1. The maximum Gasteiger partial charge on any atom is 0.136 e. The predicted octanol–water partition coefficient (Wildman–Crippen LogP) is 0.665. The zero-order chi connectivity index (χ0) is 11.7. The van der Waals surface area contributed by atoms with Gasteiger partial charge in [0.2, 0.25) is 0 Å². The first kappa shape index (κ1) is 11.2. The Hall–Kier alpha value is -0.910. The van der Waals surface area contributed by atoms with Gasteiger partial charge in [-0.25, -0.2) is 4.98 Å². The summed E-state index contributed by atoms with van der Waals surface area (Å²) >= 11 is 0. The number of nitrogens with zero attached hydrogens (tertiary/aromatic N) is 2. The van der Waals surface area contributed by atoms with Crippen LogP contribution in [0, 0.1) is 0 Å². The Morgan fingerprint density at radius 1 is 1.59 bits per heavy atom. The van der Waals surface area contributed by atoms with E-state index < -0.39 is 0 Å². The molecular formula is C12H20N4O. The van der Waals surface area contributed by atoms with Gasteiger partial charge in [-0.3, -0.25) is 0 Å². The number of likely N-dealkylation sites (N-methyl/N-ethyl adjacent to an activating group) is 1. The lowest BCUT2D eigenvalue weighted by molar-refractivity contribution is -0.0251. The topological polar surface area (TPSA) is 53.2 Å². The minimum atomic E-state index is 0.100. The molecule has 0 aromatic carbocycles. The lowest BCUT2D eigenvalue weighted by Crippen LogP contribution is -2.35. The van der Waals surface area contributed by atoms with Crippen molar-refractivity contribution in [1.29, 1.82) is 0 Å². The summed E-state index contributed by atoms with van der Waals surface area (Å²) in [5.74, 6) is 0.962. The molecule has 1 aromatic heterocycles. The smallest absolute Gasteiger partial charge is 0.136 e. The van der Waals surface area contributed by atoms with Gasteiger partial charge in [0, 0.05) is 37.6 Å². The zero-order valence-corrected chi connectivity index (χ0v) is 10.3. The van der Waals surface area contributed by atoms with Crippen LogP contribution in [0.1, 0.15) is 30.5 Å². The van der Waals surface area contributed by atoms with E-state index in [0.29, 0.717) is 0 Å². The van der Waals surface area contributed by atoms with Crippen molar-refractivity contribution in [2.24, 2.45) is 0 Å². The Bertz CT molecular complexity index is 374. The molecule has 3 rings (SSSR count). The summed E-state index contributed by atoms with van der Waals surface area (Å²) in [6.45, 7) is 3.61. The van der Waals surface area contributed by atoms with E-state index in [-0.39, 0.29) is 6.10 Å². The number of hydrogen-bond donors (Lipinski definition) is 2. The van der Waals surface area contributed by atoms with Crippen LogP contribution < -0.4 is 5.32 Å². The summed E-state index contributed by atoms with van der Waals surface area (Å²) in [7, 11) is 2.12. The summed E-state index contributed by atoms with van der Waals surface area (Å²) in [6, 6.07) is 0.735. The molecule has 17 heavy (non-hydrogen) atoms. The minimum absolute atomic E-state index is 0.100. The van der Waals surface area contributed by atoms with Crippen molar-refractivity contribution in [2.45, 2.75) is 31.5 Å². The van der Waals surface area contributed by atoms with E-state index in [0.717, 1.165) is 43.8 Å². The van der Waals surface area contributed by atoms with Crippen LogP contribution in [0.4, 0.5) is 0 Å². The van der Waals surface area contributed by atoms with Crippen LogP contribution >= 0.6 is 0 Å². The number of rotatable bonds is 4. The molecule has 2 fully saturated rings. The third kappa shape index (κ3) is 2.86. The molecule has 5 heteroatoms. The highest BCUT2D eigenvalue weighted by Crippen LogP contribution is 2.20. The first-order valence-electron chi connectivity index (χ1n) is 6.38. The van der Waals surface area contributed by atoms with Gasteiger partial charge in [0.25, 0.3) is 0 Å². The molecule has 1 saturated carbocycles.